The van der Waals surface area contributed by atoms with Crippen molar-refractivity contribution in [2.45, 2.75) is 33.6 Å². The van der Waals surface area contributed by atoms with Gasteiger partial charge in [0.05, 0.1) is 6.54 Å². The largest absolute Gasteiger partial charge is 0.370 e. The third-order valence-electron chi connectivity index (χ3n) is 5.35. The molecule has 0 radical (unpaired) electrons. The Morgan fingerprint density at radius 2 is 1.85 bits per heavy atom. The van der Waals surface area contributed by atoms with Gasteiger partial charge in [-0.25, -0.2) is 4.98 Å². The van der Waals surface area contributed by atoms with Crippen LogP contribution in [0.5, 0.6) is 0 Å². The van der Waals surface area contributed by atoms with Gasteiger partial charge in [-0.1, -0.05) is 6.92 Å². The van der Waals surface area contributed by atoms with Gasteiger partial charge in [0.15, 0.2) is 0 Å². The van der Waals surface area contributed by atoms with Gasteiger partial charge >= 0.3 is 0 Å². The van der Waals surface area contributed by atoms with E-state index < -0.39 is 0 Å². The third-order valence-corrected chi connectivity index (χ3v) is 5.35. The zero-order valence-corrected chi connectivity index (χ0v) is 16.4. The van der Waals surface area contributed by atoms with Gasteiger partial charge in [0, 0.05) is 57.6 Å². The summed E-state index contributed by atoms with van der Waals surface area (Å²) in [6.07, 6.45) is 2.27. The van der Waals surface area contributed by atoms with Gasteiger partial charge in [-0.3, -0.25) is 9.69 Å². The van der Waals surface area contributed by atoms with Crippen LogP contribution in [-0.4, -0.2) is 78.0 Å². The summed E-state index contributed by atoms with van der Waals surface area (Å²) in [7, 11) is 0. The summed E-state index contributed by atoms with van der Waals surface area (Å²) in [5, 5.41) is 3.26. The molecule has 0 aromatic carbocycles. The summed E-state index contributed by atoms with van der Waals surface area (Å²) in [4.78, 5) is 28.3. The lowest BCUT2D eigenvalue weighted by Crippen LogP contribution is -2.51. The van der Waals surface area contributed by atoms with Gasteiger partial charge in [0.2, 0.25) is 11.9 Å². The Balaban J connectivity index is 1.50. The molecule has 1 N–H and O–H groups in total. The number of carbonyl (C=O) groups is 1. The molecule has 1 amide bonds. The number of anilines is 2. The lowest BCUT2D eigenvalue weighted by atomic mass is 9.99. The van der Waals surface area contributed by atoms with E-state index in [0.29, 0.717) is 6.54 Å². The van der Waals surface area contributed by atoms with E-state index in [1.807, 2.05) is 17.9 Å². The second-order valence-corrected chi connectivity index (χ2v) is 7.55. The Hall–Kier alpha value is -1.89. The first kappa shape index (κ1) is 18.9. The Bertz CT molecular complexity index is 606. The van der Waals surface area contributed by atoms with Crippen molar-refractivity contribution in [2.24, 2.45) is 5.92 Å². The van der Waals surface area contributed by atoms with Crippen molar-refractivity contribution < 1.29 is 4.79 Å². The molecule has 3 heterocycles. The lowest BCUT2D eigenvalue weighted by Gasteiger charge is -2.36. The molecule has 1 aromatic heterocycles. The van der Waals surface area contributed by atoms with E-state index >= 15 is 0 Å². The zero-order valence-electron chi connectivity index (χ0n) is 16.4. The minimum absolute atomic E-state index is 0.284. The van der Waals surface area contributed by atoms with Crippen molar-refractivity contribution in [3.63, 3.8) is 0 Å². The van der Waals surface area contributed by atoms with Crippen LogP contribution in [0.15, 0.2) is 6.07 Å². The van der Waals surface area contributed by atoms with E-state index in [-0.39, 0.29) is 5.91 Å². The first-order valence-corrected chi connectivity index (χ1v) is 9.89. The summed E-state index contributed by atoms with van der Waals surface area (Å²) in [5.41, 5.74) is 0.975. The van der Waals surface area contributed by atoms with Crippen LogP contribution in [0, 0.1) is 12.8 Å². The van der Waals surface area contributed by atoms with Gasteiger partial charge in [-0.15, -0.1) is 0 Å². The molecule has 144 valence electrons. The minimum atomic E-state index is 0.284. The van der Waals surface area contributed by atoms with Gasteiger partial charge in [0.25, 0.3) is 0 Å². The van der Waals surface area contributed by atoms with Crippen LogP contribution in [0.4, 0.5) is 11.8 Å². The van der Waals surface area contributed by atoms with Gasteiger partial charge < -0.3 is 15.1 Å². The highest BCUT2D eigenvalue weighted by molar-refractivity contribution is 5.78. The number of rotatable bonds is 5. The van der Waals surface area contributed by atoms with E-state index in [4.69, 9.17) is 0 Å². The number of aryl methyl sites for hydroxylation is 1. The fourth-order valence-electron chi connectivity index (χ4n) is 3.62. The van der Waals surface area contributed by atoms with Gasteiger partial charge in [-0.2, -0.15) is 4.98 Å². The smallest absolute Gasteiger partial charge is 0.236 e. The fraction of sp³-hybridized carbons (Fsp3) is 0.737. The number of piperidine rings is 1. The fourth-order valence-corrected chi connectivity index (χ4v) is 3.62. The maximum Gasteiger partial charge on any atom is 0.236 e. The Labute approximate surface area is 156 Å². The molecule has 0 spiro atoms. The summed E-state index contributed by atoms with van der Waals surface area (Å²) >= 11 is 0. The number of carbonyl (C=O) groups excluding carboxylic acids is 1. The highest BCUT2D eigenvalue weighted by Crippen LogP contribution is 2.18. The second-order valence-electron chi connectivity index (χ2n) is 7.55. The number of piperazine rings is 1. The van der Waals surface area contributed by atoms with Crippen molar-refractivity contribution in [1.82, 2.24) is 19.8 Å². The van der Waals surface area contributed by atoms with E-state index in [1.165, 1.54) is 0 Å². The summed E-state index contributed by atoms with van der Waals surface area (Å²) in [6, 6.07) is 1.97. The molecule has 1 aromatic rings. The number of amides is 1. The highest BCUT2D eigenvalue weighted by Gasteiger charge is 2.25. The number of aromatic nitrogens is 2. The molecule has 3 rings (SSSR count). The normalized spacial score (nSPS) is 19.7. The van der Waals surface area contributed by atoms with E-state index in [1.54, 1.807) is 0 Å². The van der Waals surface area contributed by atoms with Crippen LogP contribution in [0.3, 0.4) is 0 Å². The summed E-state index contributed by atoms with van der Waals surface area (Å²) in [6.45, 7) is 13.0. The van der Waals surface area contributed by atoms with Crippen LogP contribution in [0.1, 0.15) is 32.4 Å². The molecule has 2 aliphatic rings. The number of nitrogens with zero attached hydrogens (tertiary/aromatic N) is 5. The van der Waals surface area contributed by atoms with Gasteiger partial charge in [0.1, 0.15) is 5.82 Å². The van der Waals surface area contributed by atoms with Crippen molar-refractivity contribution in [3.8, 4) is 0 Å². The monoisotopic (exact) mass is 360 g/mol. The van der Waals surface area contributed by atoms with Crippen LogP contribution in [-0.2, 0) is 4.79 Å². The highest BCUT2D eigenvalue weighted by atomic mass is 16.2. The minimum Gasteiger partial charge on any atom is -0.370 e. The van der Waals surface area contributed by atoms with E-state index in [0.717, 1.165) is 82.0 Å². The maximum absolute atomic E-state index is 12.5. The molecule has 2 fully saturated rings. The molecule has 7 nitrogen and oxygen atoms in total. The first-order chi connectivity index (χ1) is 12.5. The molecule has 0 saturated carbocycles. The van der Waals surface area contributed by atoms with Crippen molar-refractivity contribution in [1.29, 1.82) is 0 Å². The third kappa shape index (κ3) is 4.84. The predicted molar refractivity (Wildman–Crippen MR) is 105 cm³/mol. The van der Waals surface area contributed by atoms with Crippen LogP contribution in [0.25, 0.3) is 0 Å². The number of hydrogen-bond acceptors (Lipinski definition) is 6. The topological polar surface area (TPSA) is 64.6 Å². The number of likely N-dealkylation sites (tertiary alicyclic amines) is 1. The molecule has 0 bridgehead atoms. The number of nitrogens with one attached hydrogen (secondary N) is 1. The van der Waals surface area contributed by atoms with Crippen LogP contribution < -0.4 is 10.2 Å². The molecular weight excluding hydrogens is 328 g/mol. The van der Waals surface area contributed by atoms with Crippen LogP contribution >= 0.6 is 0 Å². The zero-order chi connectivity index (χ0) is 18.5. The maximum atomic E-state index is 12.5. The standard InChI is InChI=1S/C19H32N6O/c1-4-20-17-13-16(3)21-19(22-17)25-11-9-23(10-12-25)14-18(26)24-7-5-15(2)6-8-24/h13,15H,4-12,14H2,1-3H3,(H,20,21,22). The van der Waals surface area contributed by atoms with E-state index in [2.05, 4.69) is 38.9 Å². The molecule has 0 aliphatic carbocycles. The molecule has 0 unspecified atom stereocenters. The quantitative estimate of drug-likeness (QED) is 0.860. The average Bonchev–Trinajstić information content (AvgIpc) is 2.62. The molecule has 2 saturated heterocycles. The molecule has 7 heteroatoms. The molecule has 2 aliphatic heterocycles. The van der Waals surface area contributed by atoms with Crippen LogP contribution in [0.2, 0.25) is 0 Å². The Morgan fingerprint density at radius 3 is 2.50 bits per heavy atom. The number of hydrogen-bond donors (Lipinski definition) is 1. The van der Waals surface area contributed by atoms with E-state index in [9.17, 15) is 4.79 Å². The average molecular weight is 361 g/mol. The van der Waals surface area contributed by atoms with Gasteiger partial charge in [-0.05, 0) is 32.6 Å². The molecule has 26 heavy (non-hydrogen) atoms. The molecule has 0 atom stereocenters. The lowest BCUT2D eigenvalue weighted by molar-refractivity contribution is -0.133. The summed E-state index contributed by atoms with van der Waals surface area (Å²) < 4.78 is 0. The van der Waals surface area contributed by atoms with Crippen molar-refractivity contribution in [2.75, 3.05) is 62.6 Å². The Morgan fingerprint density at radius 1 is 1.15 bits per heavy atom. The van der Waals surface area contributed by atoms with Crippen molar-refractivity contribution >= 4 is 17.7 Å². The second kappa shape index (κ2) is 8.66. The predicted octanol–water partition coefficient (Wildman–Crippen LogP) is 1.60. The van der Waals surface area contributed by atoms with Crippen molar-refractivity contribution in [3.05, 3.63) is 11.8 Å². The molecular formula is C19H32N6O. The first-order valence-electron chi connectivity index (χ1n) is 9.89. The Kier molecular flexibility index (Phi) is 6.29. The SMILES string of the molecule is CCNc1cc(C)nc(N2CCN(CC(=O)N3CCC(C)CC3)CC2)n1. The summed E-state index contributed by atoms with van der Waals surface area (Å²) in [5.74, 6) is 2.71.